The van der Waals surface area contributed by atoms with Crippen LogP contribution in [0.1, 0.15) is 174 Å². The fourth-order valence-electron chi connectivity index (χ4n) is 6.05. The zero-order valence-corrected chi connectivity index (χ0v) is 38.2. The first-order chi connectivity index (χ1) is 27.5. The number of carbonyl (C=O) groups excluding carboxylic acids is 1. The Kier molecular flexibility index (Phi) is 38.0. The van der Waals surface area contributed by atoms with Gasteiger partial charge >= 0.3 is 7.82 Å². The van der Waals surface area contributed by atoms with Crippen LogP contribution in [0.4, 0.5) is 0 Å². The first kappa shape index (κ1) is 54.9. The van der Waals surface area contributed by atoms with Gasteiger partial charge in [0.2, 0.25) is 5.91 Å². The molecule has 9 heteroatoms. The number of aliphatic hydroxyl groups excluding tert-OH is 1. The van der Waals surface area contributed by atoms with Gasteiger partial charge in [-0.05, 0) is 70.6 Å². The van der Waals surface area contributed by atoms with Crippen LogP contribution in [0.3, 0.4) is 0 Å². The Morgan fingerprint density at radius 1 is 0.614 bits per heavy atom. The summed E-state index contributed by atoms with van der Waals surface area (Å²) in [7, 11) is 1.54. The summed E-state index contributed by atoms with van der Waals surface area (Å²) in [5, 5.41) is 13.7. The number of hydrogen-bond acceptors (Lipinski definition) is 5. The zero-order chi connectivity index (χ0) is 42.1. The highest BCUT2D eigenvalue weighted by atomic mass is 31.2. The van der Waals surface area contributed by atoms with Crippen LogP contribution in [0, 0.1) is 0 Å². The number of unbranched alkanes of at least 4 members (excludes halogenated alkanes) is 17. The molecule has 0 aliphatic heterocycles. The van der Waals surface area contributed by atoms with E-state index in [1.165, 1.54) is 89.9 Å². The summed E-state index contributed by atoms with van der Waals surface area (Å²) < 4.78 is 23.5. The van der Waals surface area contributed by atoms with Gasteiger partial charge in [-0.2, -0.15) is 0 Å². The lowest BCUT2D eigenvalue weighted by molar-refractivity contribution is -0.870. The summed E-state index contributed by atoms with van der Waals surface area (Å²) in [5.74, 6) is -0.195. The highest BCUT2D eigenvalue weighted by molar-refractivity contribution is 7.47. The second kappa shape index (κ2) is 39.4. The number of aliphatic hydroxyl groups is 1. The van der Waals surface area contributed by atoms with Crippen molar-refractivity contribution >= 4 is 13.7 Å². The van der Waals surface area contributed by atoms with Crippen molar-refractivity contribution in [2.24, 2.45) is 0 Å². The van der Waals surface area contributed by atoms with Gasteiger partial charge < -0.3 is 19.8 Å². The predicted molar refractivity (Wildman–Crippen MR) is 244 cm³/mol. The number of likely N-dealkylation sites (N-methyl/N-ethyl adjacent to an activating group) is 1. The maximum absolute atomic E-state index is 12.9. The summed E-state index contributed by atoms with van der Waals surface area (Å²) in [5.41, 5.74) is 0. The number of amides is 1. The van der Waals surface area contributed by atoms with Gasteiger partial charge in [-0.1, -0.05) is 170 Å². The third-order valence-corrected chi connectivity index (χ3v) is 10.6. The molecular weight excluding hydrogens is 732 g/mol. The molecule has 0 spiro atoms. The monoisotopic (exact) mass is 820 g/mol. The van der Waals surface area contributed by atoms with E-state index in [0.29, 0.717) is 17.4 Å². The van der Waals surface area contributed by atoms with Crippen LogP contribution < -0.4 is 5.32 Å². The van der Waals surface area contributed by atoms with Gasteiger partial charge in [-0.15, -0.1) is 0 Å². The number of allylic oxidation sites excluding steroid dienone is 11. The van der Waals surface area contributed by atoms with Gasteiger partial charge in [-0.25, -0.2) is 4.57 Å². The minimum absolute atomic E-state index is 0.0527. The van der Waals surface area contributed by atoms with Gasteiger partial charge in [0.15, 0.2) is 0 Å². The number of carbonyl (C=O) groups is 1. The van der Waals surface area contributed by atoms with E-state index in [1.807, 2.05) is 27.2 Å². The molecule has 0 aliphatic carbocycles. The Hall–Kier alpha value is -2.06. The first-order valence-electron chi connectivity index (χ1n) is 22.8. The van der Waals surface area contributed by atoms with Crippen molar-refractivity contribution in [1.82, 2.24) is 5.32 Å². The average molecular weight is 820 g/mol. The number of phosphoric acid groups is 1. The zero-order valence-electron chi connectivity index (χ0n) is 37.3. The largest absolute Gasteiger partial charge is 0.472 e. The standard InChI is InChI=1S/C48H87N2O6P/c1-6-8-10-12-14-16-18-19-20-21-22-23-24-25-26-27-28-29-30-31-32-34-36-38-40-42-48(52)49-46(45-56-57(53,54)55-44-43-50(3,4)5)47(51)41-39-37-35-33-17-15-13-11-9-7-2/h8,10,14,16-17,19-20,22-23,33,39,41,46-47,51H,6-7,9,11-13,15,18,21,24-32,34-38,40,42-45H2,1-5H3,(H-,49,52,53,54)/p+1/b10-8-,16-14-,20-19-,23-22-,33-17+,41-39+. The fourth-order valence-corrected chi connectivity index (χ4v) is 6.78. The van der Waals surface area contributed by atoms with Crippen LogP contribution in [0.5, 0.6) is 0 Å². The van der Waals surface area contributed by atoms with E-state index < -0.39 is 20.0 Å². The van der Waals surface area contributed by atoms with Gasteiger partial charge in [0, 0.05) is 6.42 Å². The van der Waals surface area contributed by atoms with Crippen LogP contribution in [0.2, 0.25) is 0 Å². The molecule has 0 bridgehead atoms. The summed E-state index contributed by atoms with van der Waals surface area (Å²) in [6, 6.07) is -0.865. The van der Waals surface area contributed by atoms with Crippen molar-refractivity contribution in [1.29, 1.82) is 0 Å². The molecule has 0 saturated carbocycles. The Bertz CT molecular complexity index is 1160. The molecule has 0 radical (unpaired) electrons. The van der Waals surface area contributed by atoms with Crippen molar-refractivity contribution in [2.45, 2.75) is 187 Å². The minimum Gasteiger partial charge on any atom is -0.387 e. The van der Waals surface area contributed by atoms with Crippen molar-refractivity contribution in [2.75, 3.05) is 40.9 Å². The minimum atomic E-state index is -4.34. The molecule has 3 atom stereocenters. The molecule has 0 heterocycles. The quantitative estimate of drug-likeness (QED) is 0.0246. The predicted octanol–water partition coefficient (Wildman–Crippen LogP) is 12.8. The van der Waals surface area contributed by atoms with Gasteiger partial charge in [-0.3, -0.25) is 13.8 Å². The number of phosphoric ester groups is 1. The normalized spacial score (nSPS) is 15.0. The molecule has 0 aliphatic rings. The van der Waals surface area contributed by atoms with Crippen LogP contribution in [-0.4, -0.2) is 73.4 Å². The second-order valence-electron chi connectivity index (χ2n) is 16.4. The molecule has 0 rings (SSSR count). The number of nitrogens with one attached hydrogen (secondary N) is 1. The van der Waals surface area contributed by atoms with Gasteiger partial charge in [0.25, 0.3) is 0 Å². The second-order valence-corrected chi connectivity index (χ2v) is 17.8. The molecule has 1 amide bonds. The molecule has 0 aromatic heterocycles. The summed E-state index contributed by atoms with van der Waals surface area (Å²) in [6.45, 7) is 4.62. The summed E-state index contributed by atoms with van der Waals surface area (Å²) in [6.07, 6.45) is 52.7. The molecule has 3 unspecified atom stereocenters. The third-order valence-electron chi connectivity index (χ3n) is 9.66. The summed E-state index contributed by atoms with van der Waals surface area (Å²) >= 11 is 0. The van der Waals surface area contributed by atoms with E-state index >= 15 is 0 Å². The lowest BCUT2D eigenvalue weighted by Gasteiger charge is -2.25. The van der Waals surface area contributed by atoms with Crippen LogP contribution >= 0.6 is 7.82 Å². The Morgan fingerprint density at radius 3 is 1.61 bits per heavy atom. The highest BCUT2D eigenvalue weighted by Crippen LogP contribution is 2.43. The average Bonchev–Trinajstić information content (AvgIpc) is 3.16. The molecule has 330 valence electrons. The number of hydrogen-bond donors (Lipinski definition) is 3. The number of quaternary nitrogens is 1. The van der Waals surface area contributed by atoms with Crippen molar-refractivity contribution in [3.05, 3.63) is 72.9 Å². The molecule has 0 fully saturated rings. The number of rotatable bonds is 40. The molecule has 8 nitrogen and oxygen atoms in total. The molecule has 0 aromatic carbocycles. The molecular formula is C48H88N2O6P+. The maximum atomic E-state index is 12.9. The van der Waals surface area contributed by atoms with E-state index in [-0.39, 0.29) is 19.1 Å². The van der Waals surface area contributed by atoms with Crippen LogP contribution in [0.25, 0.3) is 0 Å². The molecule has 57 heavy (non-hydrogen) atoms. The van der Waals surface area contributed by atoms with Gasteiger partial charge in [0.05, 0.1) is 39.9 Å². The van der Waals surface area contributed by atoms with E-state index in [0.717, 1.165) is 64.2 Å². The smallest absolute Gasteiger partial charge is 0.387 e. The fraction of sp³-hybridized carbons (Fsp3) is 0.729. The van der Waals surface area contributed by atoms with E-state index in [2.05, 4.69) is 79.9 Å². The maximum Gasteiger partial charge on any atom is 0.472 e. The lowest BCUT2D eigenvalue weighted by atomic mass is 10.0. The molecule has 3 N–H and O–H groups in total. The highest BCUT2D eigenvalue weighted by Gasteiger charge is 2.27. The van der Waals surface area contributed by atoms with Crippen molar-refractivity contribution < 1.29 is 32.9 Å². The first-order valence-corrected chi connectivity index (χ1v) is 24.3. The Balaban J connectivity index is 4.24. The van der Waals surface area contributed by atoms with Crippen LogP contribution in [0.15, 0.2) is 72.9 Å². The van der Waals surface area contributed by atoms with Crippen molar-refractivity contribution in [3.63, 3.8) is 0 Å². The topological polar surface area (TPSA) is 105 Å². The molecule has 0 saturated heterocycles. The third kappa shape index (κ3) is 41.9. The Morgan fingerprint density at radius 2 is 1.07 bits per heavy atom. The SMILES string of the molecule is CC/C=C\C/C=C\C/C=C\C/C=C\CCCCCCCCCCCCCCC(=O)NC(COP(=O)(O)OCC[N+](C)(C)C)C(O)/C=C/CC/C=C/CCCCCC. The lowest BCUT2D eigenvalue weighted by Crippen LogP contribution is -2.45. The van der Waals surface area contributed by atoms with Gasteiger partial charge in [0.1, 0.15) is 13.2 Å². The van der Waals surface area contributed by atoms with E-state index in [9.17, 15) is 19.4 Å². The number of nitrogens with zero attached hydrogens (tertiary/aromatic N) is 1. The van der Waals surface area contributed by atoms with E-state index in [1.54, 1.807) is 6.08 Å². The van der Waals surface area contributed by atoms with E-state index in [4.69, 9.17) is 9.05 Å². The summed E-state index contributed by atoms with van der Waals surface area (Å²) in [4.78, 5) is 23.1. The van der Waals surface area contributed by atoms with Crippen LogP contribution in [-0.2, 0) is 18.4 Å². The molecule has 0 aromatic rings. The van der Waals surface area contributed by atoms with Crippen molar-refractivity contribution in [3.8, 4) is 0 Å². The Labute approximate surface area is 351 Å².